The number of nitrogens with zero attached hydrogens (tertiary/aromatic N) is 2. The Labute approximate surface area is 191 Å². The largest absolute Gasteiger partial charge is 0.491 e. The molecule has 0 fully saturated rings. The van der Waals surface area contributed by atoms with E-state index in [-0.39, 0.29) is 36.4 Å². The molecule has 0 aliphatic heterocycles. The third kappa shape index (κ3) is 7.57. The van der Waals surface area contributed by atoms with Crippen LogP contribution in [-0.4, -0.2) is 70.8 Å². The maximum Gasteiger partial charge on any atom is 0.367 e. The van der Waals surface area contributed by atoms with Crippen molar-refractivity contribution in [3.05, 3.63) is 57.4 Å². The molecule has 10 nitrogen and oxygen atoms in total. The molecular formula is C20H20N2O8S2. The lowest BCUT2D eigenvalue weighted by atomic mass is 10.3. The SMILES string of the molecule is O=C(OCC(O)COc1cccc(OCC(O)COC(=O)c2nccs2)c1)c1nccs1. The van der Waals surface area contributed by atoms with Gasteiger partial charge in [0.25, 0.3) is 0 Å². The first kappa shape index (κ1) is 23.6. The minimum atomic E-state index is -1.03. The summed E-state index contributed by atoms with van der Waals surface area (Å²) in [6.45, 7) is -0.686. The summed E-state index contributed by atoms with van der Waals surface area (Å²) in [6, 6.07) is 6.57. The van der Waals surface area contributed by atoms with Crippen LogP contribution in [0.4, 0.5) is 0 Å². The lowest BCUT2D eigenvalue weighted by molar-refractivity contribution is 0.0124. The van der Waals surface area contributed by atoms with Crippen LogP contribution in [0.25, 0.3) is 0 Å². The van der Waals surface area contributed by atoms with E-state index in [0.717, 1.165) is 22.7 Å². The molecule has 2 heterocycles. The summed E-state index contributed by atoms with van der Waals surface area (Å²) in [4.78, 5) is 31.1. The van der Waals surface area contributed by atoms with E-state index in [2.05, 4.69) is 9.97 Å². The zero-order valence-corrected chi connectivity index (χ0v) is 18.3. The minimum Gasteiger partial charge on any atom is -0.491 e. The predicted molar refractivity (Wildman–Crippen MR) is 114 cm³/mol. The summed E-state index contributed by atoms with van der Waals surface area (Å²) in [6.07, 6.45) is 0.921. The van der Waals surface area contributed by atoms with Gasteiger partial charge in [0.1, 0.15) is 50.1 Å². The molecule has 170 valence electrons. The van der Waals surface area contributed by atoms with Crippen molar-refractivity contribution < 1.29 is 38.7 Å². The summed E-state index contributed by atoms with van der Waals surface area (Å²) in [5.74, 6) is -0.384. The van der Waals surface area contributed by atoms with E-state index >= 15 is 0 Å². The summed E-state index contributed by atoms with van der Waals surface area (Å²) >= 11 is 2.30. The molecule has 0 spiro atoms. The van der Waals surface area contributed by atoms with E-state index < -0.39 is 24.1 Å². The summed E-state index contributed by atoms with van der Waals surface area (Å²) in [7, 11) is 0. The highest BCUT2D eigenvalue weighted by Crippen LogP contribution is 2.20. The van der Waals surface area contributed by atoms with Crippen LogP contribution in [0, 0.1) is 0 Å². The molecule has 2 unspecified atom stereocenters. The number of hydrogen-bond donors (Lipinski definition) is 2. The van der Waals surface area contributed by atoms with E-state index in [4.69, 9.17) is 18.9 Å². The van der Waals surface area contributed by atoms with Crippen LogP contribution in [0.5, 0.6) is 11.5 Å². The van der Waals surface area contributed by atoms with Gasteiger partial charge in [0.15, 0.2) is 0 Å². The third-order valence-corrected chi connectivity index (χ3v) is 5.22. The van der Waals surface area contributed by atoms with Crippen molar-refractivity contribution >= 4 is 34.6 Å². The molecular weight excluding hydrogens is 460 g/mol. The van der Waals surface area contributed by atoms with Gasteiger partial charge in [-0.1, -0.05) is 6.07 Å². The van der Waals surface area contributed by atoms with Gasteiger partial charge in [-0.3, -0.25) is 0 Å². The van der Waals surface area contributed by atoms with Crippen LogP contribution >= 0.6 is 22.7 Å². The van der Waals surface area contributed by atoms with Gasteiger partial charge >= 0.3 is 11.9 Å². The number of aliphatic hydroxyl groups excluding tert-OH is 2. The van der Waals surface area contributed by atoms with Crippen molar-refractivity contribution in [1.82, 2.24) is 9.97 Å². The fourth-order valence-corrected chi connectivity index (χ4v) is 3.31. The van der Waals surface area contributed by atoms with Crippen LogP contribution in [0.3, 0.4) is 0 Å². The molecule has 2 aromatic heterocycles. The zero-order valence-electron chi connectivity index (χ0n) is 16.7. The van der Waals surface area contributed by atoms with Crippen LogP contribution in [-0.2, 0) is 9.47 Å². The Balaban J connectivity index is 1.36. The number of carbonyl (C=O) groups is 2. The van der Waals surface area contributed by atoms with Crippen molar-refractivity contribution in [1.29, 1.82) is 0 Å². The number of benzene rings is 1. The Hall–Kier alpha value is -3.06. The maximum absolute atomic E-state index is 11.7. The van der Waals surface area contributed by atoms with Crippen LogP contribution in [0.15, 0.2) is 47.4 Å². The number of carbonyl (C=O) groups excluding carboxylic acids is 2. The van der Waals surface area contributed by atoms with Crippen molar-refractivity contribution in [3.8, 4) is 11.5 Å². The molecule has 0 amide bonds. The second kappa shape index (κ2) is 12.1. The topological polar surface area (TPSA) is 137 Å². The standard InChI is InChI=1S/C20H20N2O8S2/c23-13(11-29-19(25)17-21-4-6-31-17)9-27-15-2-1-3-16(8-15)28-10-14(24)12-30-20(26)18-22-5-7-32-18/h1-8,13-14,23-24H,9-12H2. The number of aromatic nitrogens is 2. The molecule has 0 bridgehead atoms. The lowest BCUT2D eigenvalue weighted by Crippen LogP contribution is -2.25. The first-order valence-electron chi connectivity index (χ1n) is 9.36. The molecule has 0 radical (unpaired) electrons. The summed E-state index contributed by atoms with van der Waals surface area (Å²) in [5.41, 5.74) is 0. The maximum atomic E-state index is 11.7. The lowest BCUT2D eigenvalue weighted by Gasteiger charge is -2.14. The fourth-order valence-electron chi connectivity index (χ4n) is 2.25. The van der Waals surface area contributed by atoms with E-state index in [1.807, 2.05) is 0 Å². The van der Waals surface area contributed by atoms with E-state index in [1.165, 1.54) is 12.4 Å². The summed E-state index contributed by atoms with van der Waals surface area (Å²) < 4.78 is 20.9. The first-order valence-corrected chi connectivity index (χ1v) is 11.1. The van der Waals surface area contributed by atoms with E-state index in [9.17, 15) is 19.8 Å². The van der Waals surface area contributed by atoms with E-state index in [0.29, 0.717) is 11.5 Å². The number of esters is 2. The molecule has 2 atom stereocenters. The second-order valence-corrected chi connectivity index (χ2v) is 8.07. The zero-order chi connectivity index (χ0) is 22.8. The van der Waals surface area contributed by atoms with Crippen molar-refractivity contribution in [2.75, 3.05) is 26.4 Å². The van der Waals surface area contributed by atoms with Crippen molar-refractivity contribution in [2.24, 2.45) is 0 Å². The van der Waals surface area contributed by atoms with Crippen LogP contribution < -0.4 is 9.47 Å². The van der Waals surface area contributed by atoms with Crippen molar-refractivity contribution in [3.63, 3.8) is 0 Å². The van der Waals surface area contributed by atoms with Gasteiger partial charge in [-0.2, -0.15) is 0 Å². The highest BCUT2D eigenvalue weighted by molar-refractivity contribution is 7.11. The average Bonchev–Trinajstić information content (AvgIpc) is 3.53. The molecule has 3 rings (SSSR count). The van der Waals surface area contributed by atoms with Crippen molar-refractivity contribution in [2.45, 2.75) is 12.2 Å². The molecule has 2 N–H and O–H groups in total. The molecule has 0 saturated carbocycles. The van der Waals surface area contributed by atoms with Crippen LogP contribution in [0.2, 0.25) is 0 Å². The van der Waals surface area contributed by atoms with Gasteiger partial charge in [0.2, 0.25) is 10.0 Å². The monoisotopic (exact) mass is 480 g/mol. The average molecular weight is 481 g/mol. The number of thiazole rings is 2. The summed E-state index contributed by atoms with van der Waals surface area (Å²) in [5, 5.41) is 23.6. The number of aliphatic hydroxyl groups is 2. The van der Waals surface area contributed by atoms with Gasteiger partial charge < -0.3 is 29.2 Å². The number of rotatable bonds is 12. The molecule has 1 aromatic carbocycles. The smallest absolute Gasteiger partial charge is 0.367 e. The molecule has 32 heavy (non-hydrogen) atoms. The van der Waals surface area contributed by atoms with Gasteiger partial charge in [-0.25, -0.2) is 19.6 Å². The minimum absolute atomic E-state index is 0.107. The highest BCUT2D eigenvalue weighted by Gasteiger charge is 2.15. The van der Waals surface area contributed by atoms with Crippen LogP contribution in [0.1, 0.15) is 19.6 Å². The highest BCUT2D eigenvalue weighted by atomic mass is 32.1. The van der Waals surface area contributed by atoms with Gasteiger partial charge in [0, 0.05) is 29.2 Å². The Kier molecular flexibility index (Phi) is 8.92. The number of ether oxygens (including phenoxy) is 4. The Bertz CT molecular complexity index is 906. The number of hydrogen-bond acceptors (Lipinski definition) is 12. The molecule has 3 aromatic rings. The van der Waals surface area contributed by atoms with E-state index in [1.54, 1.807) is 35.0 Å². The normalized spacial score (nSPS) is 12.6. The Morgan fingerprint density at radius 2 is 1.28 bits per heavy atom. The molecule has 0 aliphatic rings. The molecule has 0 aliphatic carbocycles. The fraction of sp³-hybridized carbons (Fsp3) is 0.300. The quantitative estimate of drug-likeness (QED) is 0.369. The van der Waals surface area contributed by atoms with Gasteiger partial charge in [-0.15, -0.1) is 22.7 Å². The Morgan fingerprint density at radius 1 is 0.812 bits per heavy atom. The second-order valence-electron chi connectivity index (χ2n) is 6.28. The molecule has 12 heteroatoms. The third-order valence-electron chi connectivity index (χ3n) is 3.72. The van der Waals surface area contributed by atoms with Gasteiger partial charge in [-0.05, 0) is 12.1 Å². The molecule has 0 saturated heterocycles. The predicted octanol–water partition coefficient (Wildman–Crippen LogP) is 1.79. The first-order chi connectivity index (χ1) is 15.5. The van der Waals surface area contributed by atoms with Gasteiger partial charge in [0.05, 0.1) is 0 Å². The Morgan fingerprint density at radius 3 is 1.69 bits per heavy atom.